The van der Waals surface area contributed by atoms with Crippen LogP contribution in [0.15, 0.2) is 36.4 Å². The average molecular weight is 450 g/mol. The monoisotopic (exact) mass is 450 g/mol. The molecule has 0 aromatic heterocycles. The summed E-state index contributed by atoms with van der Waals surface area (Å²) < 4.78 is 45.1. The molecule has 2 rings (SSSR count). The highest BCUT2D eigenvalue weighted by molar-refractivity contribution is 7.78. The zero-order valence-corrected chi connectivity index (χ0v) is 18.4. The van der Waals surface area contributed by atoms with Crippen molar-refractivity contribution in [2.45, 2.75) is 5.75 Å². The van der Waals surface area contributed by atoms with Gasteiger partial charge in [-0.05, 0) is 29.8 Å². The van der Waals surface area contributed by atoms with E-state index in [1.807, 2.05) is 0 Å². The van der Waals surface area contributed by atoms with E-state index in [4.69, 9.17) is 24.1 Å². The molecule has 2 aromatic rings. The van der Waals surface area contributed by atoms with Crippen LogP contribution in [-0.4, -0.2) is 54.8 Å². The molecule has 0 aliphatic carbocycles. The first-order chi connectivity index (χ1) is 14.9. The number of nitrogens with one attached hydrogen (secondary N) is 1. The number of hydrogen-bond acceptors (Lipinski definition) is 8. The second-order valence-corrected chi connectivity index (χ2v) is 7.07. The van der Waals surface area contributed by atoms with E-state index in [0.29, 0.717) is 39.6 Å². The van der Waals surface area contributed by atoms with Gasteiger partial charge in [-0.1, -0.05) is 23.2 Å². The molecule has 0 saturated carbocycles. The molecule has 0 radical (unpaired) electrons. The van der Waals surface area contributed by atoms with Gasteiger partial charge in [-0.2, -0.15) is 0 Å². The molecule has 2 aromatic carbocycles. The summed E-state index contributed by atoms with van der Waals surface area (Å²) in [6.45, 7) is -0.368. The van der Waals surface area contributed by atoms with Gasteiger partial charge in [-0.25, -0.2) is 0 Å². The number of carbonyl (C=O) groups is 1. The summed E-state index contributed by atoms with van der Waals surface area (Å²) in [5, 5.41) is 11.7. The Bertz CT molecular complexity index is 989. The largest absolute Gasteiger partial charge is 0.772 e. The maximum Gasteiger partial charge on any atom is 0.322 e. The minimum atomic E-state index is -2.42. The number of ether oxygens (including phenoxy) is 4. The van der Waals surface area contributed by atoms with Gasteiger partial charge in [0.25, 0.3) is 0 Å². The third-order valence-electron chi connectivity index (χ3n) is 4.34. The van der Waals surface area contributed by atoms with Gasteiger partial charge in [0.05, 0.1) is 39.7 Å². The predicted molar refractivity (Wildman–Crippen MR) is 116 cm³/mol. The van der Waals surface area contributed by atoms with Gasteiger partial charge in [0.2, 0.25) is 0 Å². The Hall–Kier alpha value is -3.24. The lowest BCUT2D eigenvalue weighted by molar-refractivity contribution is -0.134. The van der Waals surface area contributed by atoms with Crippen LogP contribution in [0.2, 0.25) is 0 Å². The zero-order valence-electron chi connectivity index (χ0n) is 17.6. The van der Waals surface area contributed by atoms with Gasteiger partial charge >= 0.3 is 5.97 Å². The Morgan fingerprint density at radius 2 is 1.61 bits per heavy atom. The lowest BCUT2D eigenvalue weighted by Gasteiger charge is -2.21. The Labute approximate surface area is 182 Å². The minimum Gasteiger partial charge on any atom is -0.772 e. The Morgan fingerprint density at radius 3 is 2.16 bits per heavy atom. The highest BCUT2D eigenvalue weighted by atomic mass is 32.2. The molecule has 0 heterocycles. The molecule has 0 spiro atoms. The van der Waals surface area contributed by atoms with Gasteiger partial charge in [-0.3, -0.25) is 9.00 Å². The van der Waals surface area contributed by atoms with Crippen molar-refractivity contribution >= 4 is 34.3 Å². The molecule has 1 unspecified atom stereocenters. The van der Waals surface area contributed by atoms with E-state index < -0.39 is 17.0 Å². The number of para-hydroxylation sites is 1. The third kappa shape index (κ3) is 5.89. The van der Waals surface area contributed by atoms with Crippen molar-refractivity contribution in [3.05, 3.63) is 53.1 Å². The normalized spacial score (nSPS) is 12.4. The number of hydrogen-bond donors (Lipinski definition) is 2. The maximum absolute atomic E-state index is 11.5. The Morgan fingerprint density at radius 1 is 1.00 bits per heavy atom. The van der Waals surface area contributed by atoms with Crippen LogP contribution in [0.4, 0.5) is 5.69 Å². The van der Waals surface area contributed by atoms with Crippen LogP contribution >= 0.6 is 0 Å². The van der Waals surface area contributed by atoms with Crippen LogP contribution in [0.1, 0.15) is 16.7 Å². The van der Waals surface area contributed by atoms with Gasteiger partial charge < -0.3 is 33.9 Å². The molecular weight excluding hydrogens is 426 g/mol. The zero-order chi connectivity index (χ0) is 23.0. The molecule has 31 heavy (non-hydrogen) atoms. The molecule has 0 aliphatic heterocycles. The first-order valence-electron chi connectivity index (χ1n) is 9.04. The fourth-order valence-electron chi connectivity index (χ4n) is 3.04. The lowest BCUT2D eigenvalue weighted by Crippen LogP contribution is -2.14. The molecule has 168 valence electrons. The fraction of sp³-hybridized carbons (Fsp3) is 0.286. The van der Waals surface area contributed by atoms with Crippen molar-refractivity contribution in [3.63, 3.8) is 0 Å². The van der Waals surface area contributed by atoms with Gasteiger partial charge in [0.15, 0.2) is 11.5 Å². The Kier molecular flexibility index (Phi) is 8.71. The highest BCUT2D eigenvalue weighted by Crippen LogP contribution is 2.38. The van der Waals surface area contributed by atoms with Crippen LogP contribution in [0, 0.1) is 0 Å². The first-order valence-corrected chi connectivity index (χ1v) is 10.3. The van der Waals surface area contributed by atoms with Crippen LogP contribution in [-0.2, 0) is 31.1 Å². The van der Waals surface area contributed by atoms with E-state index in [1.165, 1.54) is 34.5 Å². The maximum atomic E-state index is 11.5. The van der Waals surface area contributed by atoms with E-state index >= 15 is 0 Å². The summed E-state index contributed by atoms with van der Waals surface area (Å²) in [7, 11) is 5.84. The number of carboxylic acid groups (broad SMARTS) is 1. The number of carboxylic acids is 1. The minimum absolute atomic E-state index is 0.260. The quantitative estimate of drug-likeness (QED) is 0.302. The van der Waals surface area contributed by atoms with E-state index in [2.05, 4.69) is 5.32 Å². The molecule has 0 saturated heterocycles. The second-order valence-electron chi connectivity index (χ2n) is 6.17. The van der Waals surface area contributed by atoms with Crippen LogP contribution in [0.5, 0.6) is 11.5 Å². The molecule has 0 amide bonds. The van der Waals surface area contributed by atoms with Gasteiger partial charge in [0.1, 0.15) is 18.0 Å². The SMILES string of the molecule is COC(=C(OC)c1ccccc1OC)c1cc(OC)c(NCC(=O)O)cc1CS(=O)[O-]. The number of aliphatic carboxylic acids is 1. The van der Waals surface area contributed by atoms with Crippen molar-refractivity contribution in [2.75, 3.05) is 40.3 Å². The highest BCUT2D eigenvalue weighted by Gasteiger charge is 2.22. The van der Waals surface area contributed by atoms with E-state index in [-0.39, 0.29) is 18.1 Å². The summed E-state index contributed by atoms with van der Waals surface area (Å²) in [6.07, 6.45) is 0. The molecular formula is C21H24NO8S-. The smallest absolute Gasteiger partial charge is 0.322 e. The average Bonchev–Trinajstić information content (AvgIpc) is 2.75. The summed E-state index contributed by atoms with van der Waals surface area (Å²) in [4.78, 5) is 10.9. The molecule has 0 bridgehead atoms. The number of anilines is 1. The summed E-state index contributed by atoms with van der Waals surface area (Å²) in [6, 6.07) is 10.2. The predicted octanol–water partition coefficient (Wildman–Crippen LogP) is 2.70. The van der Waals surface area contributed by atoms with Crippen LogP contribution in [0.25, 0.3) is 11.5 Å². The fourth-order valence-corrected chi connectivity index (χ4v) is 3.54. The molecule has 1 atom stereocenters. The lowest BCUT2D eigenvalue weighted by atomic mass is 10.0. The molecule has 2 N–H and O–H groups in total. The molecule has 0 aliphatic rings. The van der Waals surface area contributed by atoms with Crippen LogP contribution in [0.3, 0.4) is 0 Å². The first kappa shape index (κ1) is 24.0. The Balaban J connectivity index is 2.77. The summed E-state index contributed by atoms with van der Waals surface area (Å²) >= 11 is -2.42. The summed E-state index contributed by atoms with van der Waals surface area (Å²) in [5.41, 5.74) is 1.71. The number of rotatable bonds is 11. The van der Waals surface area contributed by atoms with Gasteiger partial charge in [0, 0.05) is 11.3 Å². The van der Waals surface area contributed by atoms with Crippen molar-refractivity contribution < 1.29 is 37.6 Å². The molecule has 0 fully saturated rings. The third-order valence-corrected chi connectivity index (χ3v) is 4.89. The van der Waals surface area contributed by atoms with Crippen molar-refractivity contribution in [3.8, 4) is 11.5 Å². The molecule has 10 heteroatoms. The number of benzene rings is 2. The second kappa shape index (κ2) is 11.2. The van der Waals surface area contributed by atoms with Crippen molar-refractivity contribution in [1.82, 2.24) is 0 Å². The van der Waals surface area contributed by atoms with Crippen molar-refractivity contribution in [2.24, 2.45) is 0 Å². The van der Waals surface area contributed by atoms with E-state index in [9.17, 15) is 13.6 Å². The molecule has 9 nitrogen and oxygen atoms in total. The number of methoxy groups -OCH3 is 4. The van der Waals surface area contributed by atoms with Crippen molar-refractivity contribution in [1.29, 1.82) is 0 Å². The standard InChI is InChI=1S/C21H25NO8S/c1-27-17-8-6-5-7-14(17)20(29-3)21(30-4)15-10-18(28-2)16(22-11-19(23)24)9-13(15)12-31(25)26/h5-10,22H,11-12H2,1-4H3,(H,23,24)(H,25,26)/p-1. The van der Waals surface area contributed by atoms with E-state index in [0.717, 1.165) is 0 Å². The van der Waals surface area contributed by atoms with Gasteiger partial charge in [-0.15, -0.1) is 0 Å². The van der Waals surface area contributed by atoms with Crippen LogP contribution < -0.4 is 14.8 Å². The topological polar surface area (TPSA) is 126 Å². The van der Waals surface area contributed by atoms with E-state index in [1.54, 1.807) is 30.3 Å². The summed E-state index contributed by atoms with van der Waals surface area (Å²) in [5.74, 6) is 0.0185.